The number of rotatable bonds is 5. The molecule has 2 aromatic heterocycles. The Morgan fingerprint density at radius 3 is 2.48 bits per heavy atom. The number of hydrogen-bond acceptors (Lipinski definition) is 4. The van der Waals surface area contributed by atoms with Gasteiger partial charge in [-0.2, -0.15) is 5.10 Å². The summed E-state index contributed by atoms with van der Waals surface area (Å²) in [7, 11) is -3.68. The maximum atomic E-state index is 12.8. The number of aromatic nitrogens is 3. The van der Waals surface area contributed by atoms with Gasteiger partial charge in [-0.3, -0.25) is 4.72 Å². The molecule has 0 fully saturated rings. The zero-order valence-corrected chi connectivity index (χ0v) is 15.6. The fraction of sp³-hybridized carbons (Fsp3) is 0.333. The van der Waals surface area contributed by atoms with Crippen molar-refractivity contribution in [2.24, 2.45) is 0 Å². The Balaban J connectivity index is 1.98. The van der Waals surface area contributed by atoms with E-state index in [0.717, 1.165) is 16.6 Å². The molecule has 3 aromatic rings. The first kappa shape index (κ1) is 17.4. The largest absolute Gasteiger partial charge is 0.278 e. The van der Waals surface area contributed by atoms with E-state index in [2.05, 4.69) is 14.8 Å². The predicted molar refractivity (Wildman–Crippen MR) is 99.3 cm³/mol. The van der Waals surface area contributed by atoms with Crippen LogP contribution in [-0.4, -0.2) is 23.2 Å². The van der Waals surface area contributed by atoms with Crippen LogP contribution in [0.1, 0.15) is 45.2 Å². The van der Waals surface area contributed by atoms with Gasteiger partial charge in [-0.25, -0.2) is 18.1 Å². The van der Waals surface area contributed by atoms with Crippen molar-refractivity contribution < 1.29 is 8.42 Å². The van der Waals surface area contributed by atoms with E-state index < -0.39 is 10.0 Å². The minimum atomic E-state index is -3.68. The van der Waals surface area contributed by atoms with E-state index in [0.29, 0.717) is 10.6 Å². The minimum Gasteiger partial charge on any atom is -0.278 e. The summed E-state index contributed by atoms with van der Waals surface area (Å²) < 4.78 is 30.1. The highest BCUT2D eigenvalue weighted by molar-refractivity contribution is 7.92. The minimum absolute atomic E-state index is 0.109. The summed E-state index contributed by atoms with van der Waals surface area (Å²) in [5, 5.41) is 5.10. The van der Waals surface area contributed by atoms with E-state index >= 15 is 0 Å². The number of hydrogen-bond donors (Lipinski definition) is 1. The van der Waals surface area contributed by atoms with Crippen LogP contribution in [0.2, 0.25) is 0 Å². The van der Waals surface area contributed by atoms with E-state index in [1.807, 2.05) is 44.5 Å². The SMILES string of the molecule is CC(C)c1ccccc1S(=O)(=O)Nc1cnc2c(cnn2C(C)C)c1. The van der Waals surface area contributed by atoms with Crippen LogP contribution in [0.4, 0.5) is 5.69 Å². The second kappa shape index (κ2) is 6.48. The van der Waals surface area contributed by atoms with Crippen molar-refractivity contribution in [1.29, 1.82) is 0 Å². The lowest BCUT2D eigenvalue weighted by Gasteiger charge is -2.14. The van der Waals surface area contributed by atoms with E-state index in [9.17, 15) is 8.42 Å². The van der Waals surface area contributed by atoms with Gasteiger partial charge in [0.15, 0.2) is 5.65 Å². The lowest BCUT2D eigenvalue weighted by molar-refractivity contribution is 0.546. The van der Waals surface area contributed by atoms with E-state index in [-0.39, 0.29) is 12.0 Å². The van der Waals surface area contributed by atoms with Crippen LogP contribution < -0.4 is 4.72 Å². The summed E-state index contributed by atoms with van der Waals surface area (Å²) in [6.45, 7) is 7.99. The number of fused-ring (bicyclic) bond motifs is 1. The number of pyridine rings is 1. The van der Waals surface area contributed by atoms with Crippen LogP contribution >= 0.6 is 0 Å². The summed E-state index contributed by atoms with van der Waals surface area (Å²) in [5.74, 6) is 0.109. The predicted octanol–water partition coefficient (Wildman–Crippen LogP) is 3.94. The molecule has 0 amide bonds. The first-order valence-corrected chi connectivity index (χ1v) is 9.73. The van der Waals surface area contributed by atoms with Crippen molar-refractivity contribution in [3.05, 3.63) is 48.3 Å². The Morgan fingerprint density at radius 2 is 1.80 bits per heavy atom. The number of sulfonamides is 1. The molecule has 25 heavy (non-hydrogen) atoms. The van der Waals surface area contributed by atoms with Crippen LogP contribution in [0.3, 0.4) is 0 Å². The molecular formula is C18H22N4O2S. The summed E-state index contributed by atoms with van der Waals surface area (Å²) >= 11 is 0. The molecule has 1 N–H and O–H groups in total. The number of nitrogens with zero attached hydrogens (tertiary/aromatic N) is 3. The summed E-state index contributed by atoms with van der Waals surface area (Å²) in [6, 6.07) is 8.99. The average molecular weight is 358 g/mol. The fourth-order valence-electron chi connectivity index (χ4n) is 2.79. The van der Waals surface area contributed by atoms with Crippen molar-refractivity contribution in [3.8, 4) is 0 Å². The van der Waals surface area contributed by atoms with E-state index in [1.54, 1.807) is 24.4 Å². The number of nitrogens with one attached hydrogen (secondary N) is 1. The van der Waals surface area contributed by atoms with Gasteiger partial charge in [0.05, 0.1) is 23.0 Å². The molecule has 7 heteroatoms. The average Bonchev–Trinajstić information content (AvgIpc) is 2.97. The van der Waals surface area contributed by atoms with Gasteiger partial charge in [-0.05, 0) is 37.5 Å². The highest BCUT2D eigenvalue weighted by atomic mass is 32.2. The van der Waals surface area contributed by atoms with Gasteiger partial charge < -0.3 is 0 Å². The quantitative estimate of drug-likeness (QED) is 0.749. The standard InChI is InChI=1S/C18H22N4O2S/c1-12(2)16-7-5-6-8-17(16)25(23,24)21-15-9-14-10-20-22(13(3)4)18(14)19-11-15/h5-13,21H,1-4H3. The molecule has 0 saturated heterocycles. The van der Waals surface area contributed by atoms with Gasteiger partial charge >= 0.3 is 0 Å². The first-order valence-electron chi connectivity index (χ1n) is 8.24. The van der Waals surface area contributed by atoms with Gasteiger partial charge in [0.2, 0.25) is 0 Å². The normalized spacial score (nSPS) is 12.2. The highest BCUT2D eigenvalue weighted by Gasteiger charge is 2.20. The molecular weight excluding hydrogens is 336 g/mol. The number of benzene rings is 1. The number of anilines is 1. The third kappa shape index (κ3) is 3.37. The first-order chi connectivity index (χ1) is 11.8. The second-order valence-electron chi connectivity index (χ2n) is 6.62. The van der Waals surface area contributed by atoms with E-state index in [1.165, 1.54) is 6.20 Å². The van der Waals surface area contributed by atoms with Crippen molar-refractivity contribution in [2.75, 3.05) is 4.72 Å². The molecule has 0 saturated carbocycles. The monoisotopic (exact) mass is 358 g/mol. The molecule has 1 aromatic carbocycles. The van der Waals surface area contributed by atoms with Crippen molar-refractivity contribution in [3.63, 3.8) is 0 Å². The van der Waals surface area contributed by atoms with Crippen LogP contribution in [-0.2, 0) is 10.0 Å². The van der Waals surface area contributed by atoms with Gasteiger partial charge in [0, 0.05) is 11.4 Å². The Kier molecular flexibility index (Phi) is 4.51. The van der Waals surface area contributed by atoms with Crippen LogP contribution in [0.5, 0.6) is 0 Å². The Morgan fingerprint density at radius 1 is 1.08 bits per heavy atom. The van der Waals surface area contributed by atoms with Gasteiger partial charge in [-0.1, -0.05) is 32.0 Å². The summed E-state index contributed by atoms with van der Waals surface area (Å²) in [5.41, 5.74) is 1.95. The van der Waals surface area contributed by atoms with Crippen molar-refractivity contribution in [1.82, 2.24) is 14.8 Å². The summed E-state index contributed by atoms with van der Waals surface area (Å²) in [4.78, 5) is 4.67. The maximum Gasteiger partial charge on any atom is 0.262 e. The fourth-order valence-corrected chi connectivity index (χ4v) is 4.19. The topological polar surface area (TPSA) is 76.9 Å². The molecule has 0 bridgehead atoms. The van der Waals surface area contributed by atoms with E-state index in [4.69, 9.17) is 0 Å². The molecule has 0 atom stereocenters. The maximum absolute atomic E-state index is 12.8. The van der Waals surface area contributed by atoms with Crippen LogP contribution in [0, 0.1) is 0 Å². The van der Waals surface area contributed by atoms with Gasteiger partial charge in [0.25, 0.3) is 10.0 Å². The van der Waals surface area contributed by atoms with Crippen LogP contribution in [0.15, 0.2) is 47.6 Å². The molecule has 2 heterocycles. The zero-order chi connectivity index (χ0) is 18.2. The summed E-state index contributed by atoms with van der Waals surface area (Å²) in [6.07, 6.45) is 3.22. The van der Waals surface area contributed by atoms with Gasteiger partial charge in [0.1, 0.15) is 0 Å². The Bertz CT molecular complexity index is 1010. The molecule has 0 unspecified atom stereocenters. The van der Waals surface area contributed by atoms with Gasteiger partial charge in [-0.15, -0.1) is 0 Å². The Hall–Kier alpha value is -2.41. The van der Waals surface area contributed by atoms with Crippen molar-refractivity contribution in [2.45, 2.75) is 44.6 Å². The third-order valence-electron chi connectivity index (χ3n) is 4.01. The lowest BCUT2D eigenvalue weighted by Crippen LogP contribution is -2.15. The highest BCUT2D eigenvalue weighted by Crippen LogP contribution is 2.26. The third-order valence-corrected chi connectivity index (χ3v) is 5.46. The smallest absolute Gasteiger partial charge is 0.262 e. The molecule has 132 valence electrons. The molecule has 6 nitrogen and oxygen atoms in total. The molecule has 0 radical (unpaired) electrons. The molecule has 0 spiro atoms. The second-order valence-corrected chi connectivity index (χ2v) is 8.27. The van der Waals surface area contributed by atoms with Crippen molar-refractivity contribution >= 4 is 26.7 Å². The lowest BCUT2D eigenvalue weighted by atomic mass is 10.0. The molecule has 0 aliphatic heterocycles. The van der Waals surface area contributed by atoms with Crippen LogP contribution in [0.25, 0.3) is 11.0 Å². The molecule has 3 rings (SSSR count). The molecule has 0 aliphatic rings. The molecule has 0 aliphatic carbocycles. The zero-order valence-electron chi connectivity index (χ0n) is 14.8. The Labute approximate surface area is 147 Å².